The van der Waals surface area contributed by atoms with Crippen molar-refractivity contribution in [3.05, 3.63) is 47.8 Å². The third-order valence-corrected chi connectivity index (χ3v) is 4.71. The minimum absolute atomic E-state index is 0.164. The molecule has 0 saturated heterocycles. The van der Waals surface area contributed by atoms with Crippen molar-refractivity contribution in [3.8, 4) is 0 Å². The van der Waals surface area contributed by atoms with Gasteiger partial charge < -0.3 is 0 Å². The van der Waals surface area contributed by atoms with Gasteiger partial charge in [-0.2, -0.15) is 5.10 Å². The van der Waals surface area contributed by atoms with Crippen molar-refractivity contribution >= 4 is 26.7 Å². The largest absolute Gasteiger partial charge is 0.278 e. The molecule has 2 heterocycles. The number of hydrogen-bond donors (Lipinski definition) is 1. The molecule has 0 saturated carbocycles. The number of fused-ring (bicyclic) bond motifs is 1. The molecular formula is C14H12F2N4O2S. The molecule has 0 aliphatic carbocycles. The minimum atomic E-state index is -4.19. The molecule has 3 aromatic rings. The summed E-state index contributed by atoms with van der Waals surface area (Å²) in [6.45, 7) is 1.77. The molecule has 6 nitrogen and oxygen atoms in total. The zero-order chi connectivity index (χ0) is 16.8. The number of anilines is 1. The topological polar surface area (TPSA) is 76.9 Å². The summed E-state index contributed by atoms with van der Waals surface area (Å²) in [4.78, 5) is 3.50. The van der Waals surface area contributed by atoms with Crippen molar-refractivity contribution in [1.29, 1.82) is 0 Å². The number of benzene rings is 1. The Morgan fingerprint density at radius 2 is 1.96 bits per heavy atom. The lowest BCUT2D eigenvalue weighted by atomic mass is 10.3. The normalized spacial score (nSPS) is 11.8. The SMILES string of the molecule is Cc1nn(C)c2ncc(NS(=O)(=O)c3ccc(F)cc3F)cc12. The molecule has 0 aliphatic heterocycles. The zero-order valence-corrected chi connectivity index (χ0v) is 13.0. The van der Waals surface area contributed by atoms with Crippen LogP contribution in [0, 0.1) is 18.6 Å². The highest BCUT2D eigenvalue weighted by Crippen LogP contribution is 2.23. The van der Waals surface area contributed by atoms with Gasteiger partial charge in [-0.25, -0.2) is 22.2 Å². The number of aromatic nitrogens is 3. The van der Waals surface area contributed by atoms with Gasteiger partial charge in [0.1, 0.15) is 16.5 Å². The van der Waals surface area contributed by atoms with Crippen LogP contribution in [0.5, 0.6) is 0 Å². The van der Waals surface area contributed by atoms with Crippen LogP contribution in [-0.4, -0.2) is 23.2 Å². The molecule has 120 valence electrons. The van der Waals surface area contributed by atoms with E-state index < -0.39 is 26.6 Å². The van der Waals surface area contributed by atoms with Crippen LogP contribution in [0.25, 0.3) is 11.0 Å². The lowest BCUT2D eigenvalue weighted by molar-refractivity contribution is 0.551. The summed E-state index contributed by atoms with van der Waals surface area (Å²) in [6.07, 6.45) is 1.31. The van der Waals surface area contributed by atoms with Crippen molar-refractivity contribution in [1.82, 2.24) is 14.8 Å². The molecule has 3 rings (SSSR count). The first-order valence-corrected chi connectivity index (χ1v) is 8.03. The third-order valence-electron chi connectivity index (χ3n) is 3.30. The standard InChI is InChI=1S/C14H12F2N4O2S/c1-8-11-6-10(7-17-14(11)20(2)18-8)19-23(21,22)13-4-3-9(15)5-12(13)16/h3-7,19H,1-2H3. The number of rotatable bonds is 3. The second-order valence-corrected chi connectivity index (χ2v) is 6.64. The first kappa shape index (κ1) is 15.3. The fourth-order valence-electron chi connectivity index (χ4n) is 2.27. The van der Waals surface area contributed by atoms with E-state index in [0.717, 1.165) is 12.1 Å². The van der Waals surface area contributed by atoms with Crippen LogP contribution in [-0.2, 0) is 17.1 Å². The van der Waals surface area contributed by atoms with Crippen LogP contribution in [0.1, 0.15) is 5.69 Å². The van der Waals surface area contributed by atoms with Gasteiger partial charge in [0, 0.05) is 18.5 Å². The Labute approximate surface area is 130 Å². The molecule has 1 aromatic carbocycles. The van der Waals surface area contributed by atoms with Crippen LogP contribution in [0.3, 0.4) is 0 Å². The molecule has 0 aliphatic rings. The Morgan fingerprint density at radius 1 is 1.22 bits per heavy atom. The smallest absolute Gasteiger partial charge is 0.264 e. The molecule has 0 fully saturated rings. The first-order chi connectivity index (χ1) is 10.8. The number of nitrogens with one attached hydrogen (secondary N) is 1. The van der Waals surface area contributed by atoms with Gasteiger partial charge in [-0.15, -0.1) is 0 Å². The monoisotopic (exact) mass is 338 g/mol. The molecular weight excluding hydrogens is 326 g/mol. The highest BCUT2D eigenvalue weighted by atomic mass is 32.2. The van der Waals surface area contributed by atoms with E-state index in [-0.39, 0.29) is 5.69 Å². The van der Waals surface area contributed by atoms with E-state index in [0.29, 0.717) is 22.8 Å². The lowest BCUT2D eigenvalue weighted by Gasteiger charge is -2.09. The van der Waals surface area contributed by atoms with Crippen molar-refractivity contribution in [3.63, 3.8) is 0 Å². The van der Waals surface area contributed by atoms with Crippen LogP contribution >= 0.6 is 0 Å². The number of pyridine rings is 1. The van der Waals surface area contributed by atoms with Crippen molar-refractivity contribution in [2.45, 2.75) is 11.8 Å². The highest BCUT2D eigenvalue weighted by molar-refractivity contribution is 7.92. The molecule has 23 heavy (non-hydrogen) atoms. The lowest BCUT2D eigenvalue weighted by Crippen LogP contribution is -2.15. The van der Waals surface area contributed by atoms with Gasteiger partial charge in [0.25, 0.3) is 10.0 Å². The van der Waals surface area contributed by atoms with Crippen molar-refractivity contribution in [2.24, 2.45) is 7.05 Å². The number of aryl methyl sites for hydroxylation is 2. The van der Waals surface area contributed by atoms with Crippen LogP contribution in [0.2, 0.25) is 0 Å². The van der Waals surface area contributed by atoms with Gasteiger partial charge in [-0.05, 0) is 25.1 Å². The molecule has 0 unspecified atom stereocenters. The molecule has 0 spiro atoms. The maximum atomic E-state index is 13.7. The van der Waals surface area contributed by atoms with Crippen LogP contribution in [0.15, 0.2) is 35.4 Å². The quantitative estimate of drug-likeness (QED) is 0.795. The predicted octanol–water partition coefficient (Wildman–Crippen LogP) is 2.36. The van der Waals surface area contributed by atoms with E-state index in [9.17, 15) is 17.2 Å². The zero-order valence-electron chi connectivity index (χ0n) is 12.2. The van der Waals surface area contributed by atoms with E-state index in [1.807, 2.05) is 0 Å². The molecule has 0 radical (unpaired) electrons. The molecule has 0 atom stereocenters. The fourth-order valence-corrected chi connectivity index (χ4v) is 3.36. The summed E-state index contributed by atoms with van der Waals surface area (Å²) in [6, 6.07) is 3.82. The number of halogens is 2. The van der Waals surface area contributed by atoms with E-state index >= 15 is 0 Å². The van der Waals surface area contributed by atoms with E-state index in [1.54, 1.807) is 24.7 Å². The summed E-state index contributed by atoms with van der Waals surface area (Å²) < 4.78 is 54.9. The second-order valence-electron chi connectivity index (χ2n) is 4.98. The molecule has 0 bridgehead atoms. The predicted molar refractivity (Wildman–Crippen MR) is 80.4 cm³/mol. The van der Waals surface area contributed by atoms with Gasteiger partial charge in [0.05, 0.1) is 17.6 Å². The Bertz CT molecular complexity index is 1020. The molecule has 1 N–H and O–H groups in total. The van der Waals surface area contributed by atoms with E-state index in [4.69, 9.17) is 0 Å². The Balaban J connectivity index is 2.02. The maximum absolute atomic E-state index is 13.7. The van der Waals surface area contributed by atoms with Gasteiger partial charge in [0.15, 0.2) is 5.65 Å². The maximum Gasteiger partial charge on any atom is 0.264 e. The first-order valence-electron chi connectivity index (χ1n) is 6.55. The van der Waals surface area contributed by atoms with Crippen molar-refractivity contribution < 1.29 is 17.2 Å². The van der Waals surface area contributed by atoms with Crippen LogP contribution < -0.4 is 4.72 Å². The average molecular weight is 338 g/mol. The van der Waals surface area contributed by atoms with Gasteiger partial charge in [-0.3, -0.25) is 9.40 Å². The summed E-state index contributed by atoms with van der Waals surface area (Å²) in [5, 5.41) is 4.86. The summed E-state index contributed by atoms with van der Waals surface area (Å²) >= 11 is 0. The van der Waals surface area contributed by atoms with E-state index in [2.05, 4.69) is 14.8 Å². The second kappa shape index (κ2) is 5.27. The summed E-state index contributed by atoms with van der Waals surface area (Å²) in [7, 11) is -2.47. The van der Waals surface area contributed by atoms with Gasteiger partial charge >= 0.3 is 0 Å². The average Bonchev–Trinajstić information content (AvgIpc) is 2.72. The number of nitrogens with zero attached hydrogens (tertiary/aromatic N) is 3. The third kappa shape index (κ3) is 2.74. The van der Waals surface area contributed by atoms with Gasteiger partial charge in [-0.1, -0.05) is 0 Å². The van der Waals surface area contributed by atoms with E-state index in [1.165, 1.54) is 6.20 Å². The summed E-state index contributed by atoms with van der Waals surface area (Å²) in [5.41, 5.74) is 1.44. The summed E-state index contributed by atoms with van der Waals surface area (Å²) in [5.74, 6) is -2.01. The molecule has 0 amide bonds. The van der Waals surface area contributed by atoms with Gasteiger partial charge in [0.2, 0.25) is 0 Å². The van der Waals surface area contributed by atoms with Crippen molar-refractivity contribution in [2.75, 3.05) is 4.72 Å². The minimum Gasteiger partial charge on any atom is -0.278 e. The molecule has 2 aromatic heterocycles. The van der Waals surface area contributed by atoms with Crippen LogP contribution in [0.4, 0.5) is 14.5 Å². The number of sulfonamides is 1. The molecule has 9 heteroatoms. The highest BCUT2D eigenvalue weighted by Gasteiger charge is 2.20. The number of hydrogen-bond acceptors (Lipinski definition) is 4. The Morgan fingerprint density at radius 3 is 2.65 bits per heavy atom. The Hall–Kier alpha value is -2.55. The fraction of sp³-hybridized carbons (Fsp3) is 0.143. The Kier molecular flexibility index (Phi) is 3.52.